The van der Waals surface area contributed by atoms with Crippen molar-refractivity contribution < 1.29 is 24.1 Å². The second-order valence-electron chi connectivity index (χ2n) is 10.4. The Balaban J connectivity index is 1.69. The smallest absolute Gasteiger partial charge is 0.254 e. The Morgan fingerprint density at radius 2 is 1.94 bits per heavy atom. The van der Waals surface area contributed by atoms with Gasteiger partial charge in [0.25, 0.3) is 5.56 Å². The van der Waals surface area contributed by atoms with E-state index in [0.29, 0.717) is 52.9 Å². The van der Waals surface area contributed by atoms with Gasteiger partial charge in [-0.15, -0.1) is 0 Å². The van der Waals surface area contributed by atoms with Crippen LogP contribution in [0.3, 0.4) is 0 Å². The fourth-order valence-electron chi connectivity index (χ4n) is 6.57. The van der Waals surface area contributed by atoms with Gasteiger partial charge in [-0.2, -0.15) is 0 Å². The minimum Gasteiger partial charge on any atom is -0.394 e. The first-order chi connectivity index (χ1) is 17.1. The lowest BCUT2D eigenvalue weighted by Gasteiger charge is -2.37. The van der Waals surface area contributed by atoms with Gasteiger partial charge in [-0.05, 0) is 56.7 Å². The molecule has 1 unspecified atom stereocenters. The SMILES string of the molecule is CC[C@@]1(O)C(=O)CCc2c1cc1n(c2=O)Cc2c-1nc1cc(F)c(C)c3c1c2C(C)(OCCO)CC3. The maximum Gasteiger partial charge on any atom is 0.254 e. The molecule has 1 aliphatic heterocycles. The summed E-state index contributed by atoms with van der Waals surface area (Å²) >= 11 is 0. The highest BCUT2D eigenvalue weighted by Gasteiger charge is 2.45. The molecule has 3 aliphatic rings. The number of pyridine rings is 2. The van der Waals surface area contributed by atoms with Crippen LogP contribution < -0.4 is 5.56 Å². The topological polar surface area (TPSA) is 102 Å². The Morgan fingerprint density at radius 3 is 2.67 bits per heavy atom. The minimum atomic E-state index is -1.70. The molecule has 2 atom stereocenters. The molecule has 36 heavy (non-hydrogen) atoms. The summed E-state index contributed by atoms with van der Waals surface area (Å²) in [4.78, 5) is 31.2. The Bertz CT molecular complexity index is 1540. The molecule has 0 saturated heterocycles. The van der Waals surface area contributed by atoms with E-state index in [9.17, 15) is 24.2 Å². The maximum absolute atomic E-state index is 14.9. The summed E-state index contributed by atoms with van der Waals surface area (Å²) in [7, 11) is 0. The molecule has 0 bridgehead atoms. The van der Waals surface area contributed by atoms with E-state index in [-0.39, 0.29) is 49.8 Å². The molecular formula is C28H29FN2O5. The van der Waals surface area contributed by atoms with Crippen molar-refractivity contribution in [2.75, 3.05) is 13.2 Å². The van der Waals surface area contributed by atoms with Crippen LogP contribution in [0.2, 0.25) is 0 Å². The highest BCUT2D eigenvalue weighted by Crippen LogP contribution is 2.49. The summed E-state index contributed by atoms with van der Waals surface area (Å²) in [5, 5.41) is 21.6. The molecule has 2 aromatic heterocycles. The third-order valence-electron chi connectivity index (χ3n) is 8.57. The molecular weight excluding hydrogens is 463 g/mol. The first-order valence-corrected chi connectivity index (χ1v) is 12.6. The predicted molar refractivity (Wildman–Crippen MR) is 131 cm³/mol. The number of rotatable bonds is 4. The number of ketones is 1. The van der Waals surface area contributed by atoms with Crippen molar-refractivity contribution >= 4 is 16.7 Å². The summed E-state index contributed by atoms with van der Waals surface area (Å²) in [6.07, 6.45) is 1.80. The number of Topliss-reactive ketones (excluding diaryl/α,β-unsaturated/α-hetero) is 1. The third-order valence-corrected chi connectivity index (χ3v) is 8.57. The molecule has 0 fully saturated rings. The van der Waals surface area contributed by atoms with E-state index in [1.807, 2.05) is 6.92 Å². The van der Waals surface area contributed by atoms with Crippen molar-refractivity contribution in [3.05, 3.63) is 61.7 Å². The molecule has 1 aromatic carbocycles. The standard InChI is InChI=1S/C28H29FN2O5/c1-4-28(35)18-11-21-25-17(13-31(21)26(34)16(18)5-6-22(28)33)24-23-15(7-8-27(24,3)36-10-9-32)14(2)19(29)12-20(23)30-25/h11-12,32,35H,4-10,13H2,1-3H3/t27?,28-/m0/s1. The molecule has 0 amide bonds. The van der Waals surface area contributed by atoms with Crippen molar-refractivity contribution in [3.8, 4) is 11.4 Å². The van der Waals surface area contributed by atoms with Gasteiger partial charge in [0.2, 0.25) is 0 Å². The number of aliphatic hydroxyl groups is 2. The van der Waals surface area contributed by atoms with Crippen molar-refractivity contribution in [1.29, 1.82) is 0 Å². The molecule has 3 aromatic rings. The van der Waals surface area contributed by atoms with Crippen molar-refractivity contribution in [1.82, 2.24) is 9.55 Å². The molecule has 0 spiro atoms. The Labute approximate surface area is 207 Å². The molecule has 6 rings (SSSR count). The number of hydrogen-bond acceptors (Lipinski definition) is 6. The van der Waals surface area contributed by atoms with Crippen LogP contribution >= 0.6 is 0 Å². The zero-order chi connectivity index (χ0) is 25.6. The van der Waals surface area contributed by atoms with Gasteiger partial charge in [0, 0.05) is 40.1 Å². The van der Waals surface area contributed by atoms with Crippen molar-refractivity contribution in [2.24, 2.45) is 0 Å². The molecule has 0 radical (unpaired) electrons. The molecule has 2 aliphatic carbocycles. The first-order valence-electron chi connectivity index (χ1n) is 12.6. The maximum atomic E-state index is 14.9. The number of carbonyl (C=O) groups excluding carboxylic acids is 1. The number of fused-ring (bicyclic) bond motifs is 5. The number of aliphatic hydroxyl groups excluding tert-OH is 1. The fraction of sp³-hybridized carbons (Fsp3) is 0.464. The van der Waals surface area contributed by atoms with Crippen LogP contribution in [-0.2, 0) is 40.1 Å². The summed E-state index contributed by atoms with van der Waals surface area (Å²) in [5.41, 5.74) is 2.89. The zero-order valence-electron chi connectivity index (χ0n) is 20.7. The third kappa shape index (κ3) is 2.92. The van der Waals surface area contributed by atoms with Gasteiger partial charge in [-0.1, -0.05) is 6.92 Å². The fourth-order valence-corrected chi connectivity index (χ4v) is 6.57. The number of benzene rings is 1. The normalized spacial score (nSPS) is 24.1. The summed E-state index contributed by atoms with van der Waals surface area (Å²) in [6.45, 7) is 5.79. The molecule has 2 N–H and O–H groups in total. The Kier molecular flexibility index (Phi) is 5.07. The van der Waals surface area contributed by atoms with E-state index in [4.69, 9.17) is 9.72 Å². The van der Waals surface area contributed by atoms with Crippen LogP contribution in [-0.4, -0.2) is 38.8 Å². The summed E-state index contributed by atoms with van der Waals surface area (Å²) in [5.74, 6) is -0.614. The van der Waals surface area contributed by atoms with Gasteiger partial charge >= 0.3 is 0 Å². The van der Waals surface area contributed by atoms with Crippen LogP contribution in [0.25, 0.3) is 22.3 Å². The number of ether oxygens (including phenoxy) is 1. The lowest BCUT2D eigenvalue weighted by molar-refractivity contribution is -0.140. The molecule has 0 saturated carbocycles. The number of nitrogens with zero attached hydrogens (tertiary/aromatic N) is 2. The largest absolute Gasteiger partial charge is 0.394 e. The van der Waals surface area contributed by atoms with Crippen LogP contribution in [0.1, 0.15) is 66.5 Å². The van der Waals surface area contributed by atoms with E-state index in [1.165, 1.54) is 6.07 Å². The van der Waals surface area contributed by atoms with Crippen molar-refractivity contribution in [2.45, 2.75) is 70.6 Å². The van der Waals surface area contributed by atoms with E-state index < -0.39 is 11.2 Å². The summed E-state index contributed by atoms with van der Waals surface area (Å²) < 4.78 is 22.8. The Morgan fingerprint density at radius 1 is 1.17 bits per heavy atom. The molecule has 7 nitrogen and oxygen atoms in total. The monoisotopic (exact) mass is 492 g/mol. The van der Waals surface area contributed by atoms with Crippen molar-refractivity contribution in [3.63, 3.8) is 0 Å². The minimum absolute atomic E-state index is 0.126. The van der Waals surface area contributed by atoms with E-state index >= 15 is 0 Å². The number of aromatic nitrogens is 2. The Hall–Kier alpha value is -2.94. The van der Waals surface area contributed by atoms with Gasteiger partial charge < -0.3 is 19.5 Å². The molecule has 188 valence electrons. The molecule has 3 heterocycles. The number of carbonyl (C=O) groups is 1. The van der Waals surface area contributed by atoms with Crippen LogP contribution in [0.4, 0.5) is 4.39 Å². The second-order valence-corrected chi connectivity index (χ2v) is 10.4. The highest BCUT2D eigenvalue weighted by molar-refractivity contribution is 5.94. The zero-order valence-corrected chi connectivity index (χ0v) is 20.7. The van der Waals surface area contributed by atoms with Gasteiger partial charge in [0.1, 0.15) is 11.4 Å². The number of aryl methyl sites for hydroxylation is 1. The average Bonchev–Trinajstić information content (AvgIpc) is 3.23. The number of halogens is 1. The first kappa shape index (κ1) is 23.5. The van der Waals surface area contributed by atoms with Crippen LogP contribution in [0.5, 0.6) is 0 Å². The lowest BCUT2D eigenvalue weighted by Crippen LogP contribution is -2.43. The van der Waals surface area contributed by atoms with Gasteiger partial charge in [0.05, 0.1) is 42.3 Å². The summed E-state index contributed by atoms with van der Waals surface area (Å²) in [6, 6.07) is 3.16. The van der Waals surface area contributed by atoms with E-state index in [2.05, 4.69) is 0 Å². The van der Waals surface area contributed by atoms with E-state index in [1.54, 1.807) is 24.5 Å². The van der Waals surface area contributed by atoms with Gasteiger partial charge in [-0.3, -0.25) is 9.59 Å². The van der Waals surface area contributed by atoms with E-state index in [0.717, 1.165) is 22.1 Å². The average molecular weight is 493 g/mol. The van der Waals surface area contributed by atoms with Crippen LogP contribution in [0, 0.1) is 12.7 Å². The highest BCUT2D eigenvalue weighted by atomic mass is 19.1. The molecule has 8 heteroatoms. The van der Waals surface area contributed by atoms with Crippen LogP contribution in [0.15, 0.2) is 16.9 Å². The van der Waals surface area contributed by atoms with Gasteiger partial charge in [0.15, 0.2) is 5.78 Å². The van der Waals surface area contributed by atoms with Gasteiger partial charge in [-0.25, -0.2) is 9.37 Å². The quantitative estimate of drug-likeness (QED) is 0.454. The second kappa shape index (κ2) is 7.78. The predicted octanol–water partition coefficient (Wildman–Crippen LogP) is 3.16. The lowest BCUT2D eigenvalue weighted by atomic mass is 9.75. The number of hydrogen-bond donors (Lipinski definition) is 2.